The van der Waals surface area contributed by atoms with Crippen molar-refractivity contribution in [2.75, 3.05) is 67.0 Å². The summed E-state index contributed by atoms with van der Waals surface area (Å²) in [5, 5.41) is 3.18. The van der Waals surface area contributed by atoms with Crippen LogP contribution in [0.1, 0.15) is 0 Å². The number of amides is 1. The molecular formula is C11H24N4O. The monoisotopic (exact) mass is 228 g/mol. The van der Waals surface area contributed by atoms with E-state index in [2.05, 4.69) is 22.2 Å². The number of rotatable bonds is 5. The Morgan fingerprint density at radius 3 is 2.44 bits per heavy atom. The highest BCUT2D eigenvalue weighted by atomic mass is 16.2. The molecule has 0 aliphatic carbocycles. The van der Waals surface area contributed by atoms with E-state index >= 15 is 0 Å². The van der Waals surface area contributed by atoms with E-state index in [1.807, 2.05) is 0 Å². The molecule has 1 aliphatic rings. The number of hydrogen-bond acceptors (Lipinski definition) is 4. The summed E-state index contributed by atoms with van der Waals surface area (Å²) in [6.45, 7) is 6.95. The van der Waals surface area contributed by atoms with Crippen molar-refractivity contribution in [2.45, 2.75) is 0 Å². The first-order chi connectivity index (χ1) is 7.59. The van der Waals surface area contributed by atoms with Gasteiger partial charge in [-0.1, -0.05) is 0 Å². The average Bonchev–Trinajstić information content (AvgIpc) is 2.26. The molecule has 1 amide bonds. The van der Waals surface area contributed by atoms with Gasteiger partial charge in [0.05, 0.1) is 6.54 Å². The van der Waals surface area contributed by atoms with Gasteiger partial charge in [-0.15, -0.1) is 0 Å². The molecule has 1 fully saturated rings. The molecule has 1 aliphatic heterocycles. The van der Waals surface area contributed by atoms with Gasteiger partial charge in [-0.25, -0.2) is 0 Å². The van der Waals surface area contributed by atoms with Crippen LogP contribution in [0.15, 0.2) is 0 Å². The lowest BCUT2D eigenvalue weighted by atomic mass is 10.3. The molecule has 0 atom stereocenters. The van der Waals surface area contributed by atoms with Crippen molar-refractivity contribution in [2.24, 2.45) is 0 Å². The number of piperazine rings is 1. The van der Waals surface area contributed by atoms with E-state index in [1.165, 1.54) is 0 Å². The van der Waals surface area contributed by atoms with Crippen molar-refractivity contribution in [3.8, 4) is 0 Å². The van der Waals surface area contributed by atoms with Gasteiger partial charge in [-0.2, -0.15) is 0 Å². The molecule has 0 radical (unpaired) electrons. The van der Waals surface area contributed by atoms with Crippen molar-refractivity contribution in [3.63, 3.8) is 0 Å². The fourth-order valence-electron chi connectivity index (χ4n) is 1.66. The van der Waals surface area contributed by atoms with Crippen molar-refractivity contribution in [1.29, 1.82) is 0 Å². The molecule has 1 saturated heterocycles. The third kappa shape index (κ3) is 4.92. The quantitative estimate of drug-likeness (QED) is 0.607. The van der Waals surface area contributed by atoms with Gasteiger partial charge in [0.2, 0.25) is 5.91 Å². The van der Waals surface area contributed by atoms with Gasteiger partial charge in [0.15, 0.2) is 0 Å². The standard InChI is InChI=1S/C11H24N4O/c1-13(2)11(16)10-12-4-5-15-8-6-14(3)7-9-15/h12H,4-10H2,1-3H3. The maximum atomic E-state index is 11.3. The molecule has 5 nitrogen and oxygen atoms in total. The van der Waals surface area contributed by atoms with Crippen LogP contribution in [-0.2, 0) is 4.79 Å². The SMILES string of the molecule is CN1CCN(CCNCC(=O)N(C)C)CC1. The summed E-state index contributed by atoms with van der Waals surface area (Å²) in [5.41, 5.74) is 0. The van der Waals surface area contributed by atoms with Crippen LogP contribution in [0.25, 0.3) is 0 Å². The van der Waals surface area contributed by atoms with Crippen molar-refractivity contribution in [3.05, 3.63) is 0 Å². The highest BCUT2D eigenvalue weighted by Gasteiger charge is 2.12. The molecule has 5 heteroatoms. The summed E-state index contributed by atoms with van der Waals surface area (Å²) in [5.74, 6) is 0.137. The lowest BCUT2D eigenvalue weighted by Gasteiger charge is -2.32. The zero-order valence-electron chi connectivity index (χ0n) is 10.7. The Morgan fingerprint density at radius 2 is 1.88 bits per heavy atom. The fourth-order valence-corrected chi connectivity index (χ4v) is 1.66. The second kappa shape index (κ2) is 6.83. The van der Waals surface area contributed by atoms with E-state index in [4.69, 9.17) is 0 Å². The fraction of sp³-hybridized carbons (Fsp3) is 0.909. The average molecular weight is 228 g/mol. The maximum Gasteiger partial charge on any atom is 0.236 e. The summed E-state index contributed by atoms with van der Waals surface area (Å²) in [6, 6.07) is 0. The number of likely N-dealkylation sites (N-methyl/N-ethyl adjacent to an activating group) is 2. The molecule has 0 unspecified atom stereocenters. The van der Waals surface area contributed by atoms with E-state index in [0.29, 0.717) is 6.54 Å². The molecule has 16 heavy (non-hydrogen) atoms. The molecule has 0 bridgehead atoms. The van der Waals surface area contributed by atoms with Gasteiger partial charge in [-0.05, 0) is 7.05 Å². The Bertz CT molecular complexity index is 212. The highest BCUT2D eigenvalue weighted by Crippen LogP contribution is 1.97. The van der Waals surface area contributed by atoms with Gasteiger partial charge < -0.3 is 15.1 Å². The van der Waals surface area contributed by atoms with E-state index < -0.39 is 0 Å². The lowest BCUT2D eigenvalue weighted by Crippen LogP contribution is -2.47. The number of nitrogens with zero attached hydrogens (tertiary/aromatic N) is 3. The summed E-state index contributed by atoms with van der Waals surface area (Å²) in [4.78, 5) is 17.7. The van der Waals surface area contributed by atoms with Gasteiger partial charge in [0.1, 0.15) is 0 Å². The third-order valence-corrected chi connectivity index (χ3v) is 2.98. The van der Waals surface area contributed by atoms with E-state index in [9.17, 15) is 4.79 Å². The zero-order valence-corrected chi connectivity index (χ0v) is 10.7. The van der Waals surface area contributed by atoms with Crippen LogP contribution in [0.3, 0.4) is 0 Å². The van der Waals surface area contributed by atoms with Crippen LogP contribution >= 0.6 is 0 Å². The van der Waals surface area contributed by atoms with E-state index in [0.717, 1.165) is 39.3 Å². The largest absolute Gasteiger partial charge is 0.348 e. The van der Waals surface area contributed by atoms with Crippen LogP contribution in [0.5, 0.6) is 0 Å². The Labute approximate surface area is 98.4 Å². The minimum Gasteiger partial charge on any atom is -0.348 e. The van der Waals surface area contributed by atoms with Crippen molar-refractivity contribution in [1.82, 2.24) is 20.0 Å². The van der Waals surface area contributed by atoms with Crippen LogP contribution in [0.4, 0.5) is 0 Å². The topological polar surface area (TPSA) is 38.8 Å². The predicted molar refractivity (Wildman–Crippen MR) is 65.5 cm³/mol. The highest BCUT2D eigenvalue weighted by molar-refractivity contribution is 5.77. The minimum absolute atomic E-state index is 0.137. The Kier molecular flexibility index (Phi) is 5.73. The normalized spacial score (nSPS) is 18.7. The van der Waals surface area contributed by atoms with Gasteiger partial charge >= 0.3 is 0 Å². The minimum atomic E-state index is 0.137. The van der Waals surface area contributed by atoms with E-state index in [1.54, 1.807) is 19.0 Å². The zero-order chi connectivity index (χ0) is 12.0. The second-order valence-electron chi connectivity index (χ2n) is 4.61. The Balaban J connectivity index is 2.01. The van der Waals surface area contributed by atoms with Crippen molar-refractivity contribution >= 4 is 5.91 Å². The van der Waals surface area contributed by atoms with Gasteiger partial charge in [-0.3, -0.25) is 9.69 Å². The maximum absolute atomic E-state index is 11.3. The van der Waals surface area contributed by atoms with Gasteiger partial charge in [0, 0.05) is 53.4 Å². The lowest BCUT2D eigenvalue weighted by molar-refractivity contribution is -0.127. The molecule has 0 spiro atoms. The molecular weight excluding hydrogens is 204 g/mol. The number of hydrogen-bond donors (Lipinski definition) is 1. The molecule has 0 aromatic heterocycles. The first kappa shape index (κ1) is 13.4. The molecule has 1 heterocycles. The summed E-state index contributed by atoms with van der Waals surface area (Å²) >= 11 is 0. The number of carbonyl (C=O) groups is 1. The van der Waals surface area contributed by atoms with E-state index in [-0.39, 0.29) is 5.91 Å². The predicted octanol–water partition coefficient (Wildman–Crippen LogP) is -1.09. The molecule has 0 aromatic carbocycles. The van der Waals surface area contributed by atoms with Crippen LogP contribution in [0, 0.1) is 0 Å². The van der Waals surface area contributed by atoms with Crippen LogP contribution in [0.2, 0.25) is 0 Å². The smallest absolute Gasteiger partial charge is 0.236 e. The third-order valence-electron chi connectivity index (χ3n) is 2.98. The molecule has 0 aromatic rings. The summed E-state index contributed by atoms with van der Waals surface area (Å²) in [6.07, 6.45) is 0. The summed E-state index contributed by atoms with van der Waals surface area (Å²) in [7, 11) is 5.72. The second-order valence-corrected chi connectivity index (χ2v) is 4.61. The molecule has 1 rings (SSSR count). The number of carbonyl (C=O) groups excluding carboxylic acids is 1. The molecule has 94 valence electrons. The van der Waals surface area contributed by atoms with Crippen LogP contribution in [-0.4, -0.2) is 87.6 Å². The molecule has 0 saturated carbocycles. The summed E-state index contributed by atoms with van der Waals surface area (Å²) < 4.78 is 0. The first-order valence-corrected chi connectivity index (χ1v) is 5.91. The number of nitrogens with one attached hydrogen (secondary N) is 1. The van der Waals surface area contributed by atoms with Crippen LogP contribution < -0.4 is 5.32 Å². The first-order valence-electron chi connectivity index (χ1n) is 5.91. The molecule has 1 N–H and O–H groups in total. The Morgan fingerprint density at radius 1 is 1.25 bits per heavy atom. The van der Waals surface area contributed by atoms with Gasteiger partial charge in [0.25, 0.3) is 0 Å². The Hall–Kier alpha value is -0.650. The van der Waals surface area contributed by atoms with Crippen molar-refractivity contribution < 1.29 is 4.79 Å².